The molecule has 1 aromatic heterocycles. The number of aryl methyl sites for hydroxylation is 1. The number of anilines is 1. The molecule has 0 aliphatic heterocycles. The first-order valence-electron chi connectivity index (χ1n) is 5.31. The predicted molar refractivity (Wildman–Crippen MR) is 70.6 cm³/mol. The van der Waals surface area contributed by atoms with Crippen molar-refractivity contribution in [1.29, 1.82) is 0 Å². The van der Waals surface area contributed by atoms with E-state index in [0.717, 1.165) is 11.3 Å². The highest BCUT2D eigenvalue weighted by Crippen LogP contribution is 2.39. The van der Waals surface area contributed by atoms with Crippen LogP contribution in [0.2, 0.25) is 0 Å². The van der Waals surface area contributed by atoms with Gasteiger partial charge in [0, 0.05) is 10.4 Å². The second kappa shape index (κ2) is 4.42. The Hall–Kier alpha value is -1.88. The SMILES string of the molecule is Cc1cccc(-c2sc(C(=O)O)c(N)c2C)c1F. The Bertz CT molecular complexity index is 634. The minimum absolute atomic E-state index is 0.0587. The molecule has 0 aliphatic carbocycles. The normalized spacial score (nSPS) is 10.6. The molecule has 0 bridgehead atoms. The van der Waals surface area contributed by atoms with E-state index in [1.165, 1.54) is 0 Å². The number of carboxylic acid groups (broad SMARTS) is 1. The molecule has 0 spiro atoms. The van der Waals surface area contributed by atoms with Crippen LogP contribution in [0.5, 0.6) is 0 Å². The molecular formula is C13H12FNO2S. The molecule has 5 heteroatoms. The fourth-order valence-corrected chi connectivity index (χ4v) is 2.85. The first-order valence-corrected chi connectivity index (χ1v) is 6.12. The number of carbonyl (C=O) groups is 1. The van der Waals surface area contributed by atoms with Gasteiger partial charge in [0.05, 0.1) is 5.69 Å². The molecule has 0 fully saturated rings. The van der Waals surface area contributed by atoms with Crippen molar-refractivity contribution < 1.29 is 14.3 Å². The minimum atomic E-state index is -1.08. The number of thiophene rings is 1. The standard InChI is InChI=1S/C13H12FNO2S/c1-6-4-3-5-8(9(6)14)11-7(2)10(15)12(18-11)13(16)17/h3-5H,15H2,1-2H3,(H,16,17). The Kier molecular flexibility index (Phi) is 3.09. The average Bonchev–Trinajstić information content (AvgIpc) is 2.61. The van der Waals surface area contributed by atoms with Gasteiger partial charge in [-0.3, -0.25) is 0 Å². The summed E-state index contributed by atoms with van der Waals surface area (Å²) < 4.78 is 14.0. The van der Waals surface area contributed by atoms with Gasteiger partial charge in [-0.25, -0.2) is 9.18 Å². The number of halogens is 1. The van der Waals surface area contributed by atoms with Gasteiger partial charge in [0.2, 0.25) is 0 Å². The van der Waals surface area contributed by atoms with Crippen molar-refractivity contribution in [1.82, 2.24) is 0 Å². The summed E-state index contributed by atoms with van der Waals surface area (Å²) in [5.74, 6) is -1.42. The summed E-state index contributed by atoms with van der Waals surface area (Å²) in [6.07, 6.45) is 0. The van der Waals surface area contributed by atoms with E-state index in [1.807, 2.05) is 0 Å². The molecule has 0 atom stereocenters. The molecule has 0 saturated carbocycles. The van der Waals surface area contributed by atoms with Crippen molar-refractivity contribution in [3.05, 3.63) is 40.0 Å². The lowest BCUT2D eigenvalue weighted by molar-refractivity contribution is 0.0703. The van der Waals surface area contributed by atoms with Crippen molar-refractivity contribution in [2.45, 2.75) is 13.8 Å². The first kappa shape index (κ1) is 12.6. The van der Waals surface area contributed by atoms with Gasteiger partial charge in [-0.15, -0.1) is 11.3 Å². The Morgan fingerprint density at radius 2 is 2.06 bits per heavy atom. The number of rotatable bonds is 2. The van der Waals surface area contributed by atoms with Crippen molar-refractivity contribution >= 4 is 23.0 Å². The van der Waals surface area contributed by atoms with Gasteiger partial charge >= 0.3 is 5.97 Å². The summed E-state index contributed by atoms with van der Waals surface area (Å²) in [6, 6.07) is 5.04. The Morgan fingerprint density at radius 1 is 1.39 bits per heavy atom. The smallest absolute Gasteiger partial charge is 0.348 e. The summed E-state index contributed by atoms with van der Waals surface area (Å²) in [7, 11) is 0. The van der Waals surface area contributed by atoms with Crippen LogP contribution in [0.3, 0.4) is 0 Å². The van der Waals surface area contributed by atoms with Crippen LogP contribution in [0.25, 0.3) is 10.4 Å². The number of hydrogen-bond acceptors (Lipinski definition) is 3. The molecule has 0 unspecified atom stereocenters. The zero-order valence-corrected chi connectivity index (χ0v) is 10.8. The monoisotopic (exact) mass is 265 g/mol. The topological polar surface area (TPSA) is 63.3 Å². The lowest BCUT2D eigenvalue weighted by atomic mass is 10.1. The van der Waals surface area contributed by atoms with E-state index in [1.54, 1.807) is 32.0 Å². The number of carboxylic acids is 1. The van der Waals surface area contributed by atoms with Crippen LogP contribution in [0.15, 0.2) is 18.2 Å². The van der Waals surface area contributed by atoms with Crippen LogP contribution >= 0.6 is 11.3 Å². The molecule has 1 heterocycles. The third-order valence-electron chi connectivity index (χ3n) is 2.82. The van der Waals surface area contributed by atoms with Crippen LogP contribution in [-0.4, -0.2) is 11.1 Å². The van der Waals surface area contributed by atoms with Crippen LogP contribution in [0.1, 0.15) is 20.8 Å². The second-order valence-corrected chi connectivity index (χ2v) is 5.06. The quantitative estimate of drug-likeness (QED) is 0.874. The van der Waals surface area contributed by atoms with Crippen molar-refractivity contribution in [3.8, 4) is 10.4 Å². The number of aromatic carboxylic acids is 1. The molecular weight excluding hydrogens is 253 g/mol. The molecule has 0 saturated heterocycles. The van der Waals surface area contributed by atoms with E-state index in [9.17, 15) is 9.18 Å². The molecule has 94 valence electrons. The fourth-order valence-electron chi connectivity index (χ4n) is 1.76. The Balaban J connectivity index is 2.69. The third kappa shape index (κ3) is 1.86. The average molecular weight is 265 g/mol. The van der Waals surface area contributed by atoms with Crippen LogP contribution in [0, 0.1) is 19.7 Å². The maximum atomic E-state index is 14.0. The van der Waals surface area contributed by atoms with Crippen LogP contribution in [-0.2, 0) is 0 Å². The largest absolute Gasteiger partial charge is 0.477 e. The predicted octanol–water partition coefficient (Wildman–Crippen LogP) is 3.45. The van der Waals surface area contributed by atoms with Gasteiger partial charge in [-0.2, -0.15) is 0 Å². The van der Waals surface area contributed by atoms with Crippen molar-refractivity contribution in [3.63, 3.8) is 0 Å². The minimum Gasteiger partial charge on any atom is -0.477 e. The molecule has 3 nitrogen and oxygen atoms in total. The third-order valence-corrected chi connectivity index (χ3v) is 4.15. The number of hydrogen-bond donors (Lipinski definition) is 2. The summed E-state index contributed by atoms with van der Waals surface area (Å²) in [6.45, 7) is 3.37. The number of nitrogens with two attached hydrogens (primary N) is 1. The van der Waals surface area contributed by atoms with E-state index >= 15 is 0 Å². The molecule has 0 radical (unpaired) electrons. The van der Waals surface area contributed by atoms with E-state index in [4.69, 9.17) is 10.8 Å². The van der Waals surface area contributed by atoms with Gasteiger partial charge in [0.15, 0.2) is 0 Å². The summed E-state index contributed by atoms with van der Waals surface area (Å²) in [5, 5.41) is 9.01. The lowest BCUT2D eigenvalue weighted by Crippen LogP contribution is -1.97. The first-order chi connectivity index (χ1) is 8.43. The molecule has 2 aromatic rings. The number of nitrogen functional groups attached to an aromatic ring is 1. The van der Waals surface area contributed by atoms with Gasteiger partial charge in [-0.05, 0) is 25.0 Å². The highest BCUT2D eigenvalue weighted by Gasteiger charge is 2.20. The van der Waals surface area contributed by atoms with Gasteiger partial charge in [0.1, 0.15) is 10.7 Å². The maximum Gasteiger partial charge on any atom is 0.348 e. The highest BCUT2D eigenvalue weighted by atomic mass is 32.1. The van der Waals surface area contributed by atoms with Crippen molar-refractivity contribution in [2.24, 2.45) is 0 Å². The van der Waals surface area contributed by atoms with E-state index in [0.29, 0.717) is 21.6 Å². The molecule has 2 rings (SSSR count). The molecule has 0 amide bonds. The zero-order valence-electron chi connectivity index (χ0n) is 9.95. The second-order valence-electron chi connectivity index (χ2n) is 4.04. The highest BCUT2D eigenvalue weighted by molar-refractivity contribution is 7.18. The van der Waals surface area contributed by atoms with E-state index in [-0.39, 0.29) is 16.4 Å². The Morgan fingerprint density at radius 3 is 2.61 bits per heavy atom. The van der Waals surface area contributed by atoms with Gasteiger partial charge < -0.3 is 10.8 Å². The molecule has 18 heavy (non-hydrogen) atoms. The van der Waals surface area contributed by atoms with Crippen molar-refractivity contribution in [2.75, 3.05) is 5.73 Å². The van der Waals surface area contributed by atoms with E-state index < -0.39 is 5.97 Å². The van der Waals surface area contributed by atoms with Crippen LogP contribution < -0.4 is 5.73 Å². The van der Waals surface area contributed by atoms with Gasteiger partial charge in [0.25, 0.3) is 0 Å². The van der Waals surface area contributed by atoms with Gasteiger partial charge in [-0.1, -0.05) is 18.2 Å². The molecule has 1 aromatic carbocycles. The Labute approximate surface area is 108 Å². The summed E-state index contributed by atoms with van der Waals surface area (Å²) >= 11 is 1.01. The zero-order chi connectivity index (χ0) is 13.4. The summed E-state index contributed by atoms with van der Waals surface area (Å²) in [5.41, 5.74) is 7.48. The molecule has 0 aliphatic rings. The van der Waals surface area contributed by atoms with Crippen LogP contribution in [0.4, 0.5) is 10.1 Å². The molecule has 3 N–H and O–H groups in total. The maximum absolute atomic E-state index is 14.0. The lowest BCUT2D eigenvalue weighted by Gasteiger charge is -2.04. The summed E-state index contributed by atoms with van der Waals surface area (Å²) in [4.78, 5) is 11.6. The number of benzene rings is 1. The van der Waals surface area contributed by atoms with E-state index in [2.05, 4.69) is 0 Å². The fraction of sp³-hybridized carbons (Fsp3) is 0.154.